The number of hydrogen-bond donors (Lipinski definition) is 0. The maximum Gasteiger partial charge on any atom is 1.00 e. The predicted molar refractivity (Wildman–Crippen MR) is 77.4 cm³/mol. The molecule has 0 radical (unpaired) electrons. The summed E-state index contributed by atoms with van der Waals surface area (Å²) >= 11 is -2.33. The monoisotopic (exact) mass is 315 g/mol. The second-order valence-corrected chi connectivity index (χ2v) is 5.96. The Bertz CT molecular complexity index is 267. The molecule has 0 bridgehead atoms. The molecule has 0 aromatic rings. The quantitative estimate of drug-likeness (QED) is 0.231. The zero-order valence-corrected chi connectivity index (χ0v) is 16.0. The number of rotatable bonds is 12. The normalized spacial score (nSPS) is 13.3. The van der Waals surface area contributed by atoms with Crippen LogP contribution in [0.4, 0.5) is 0 Å². The van der Waals surface area contributed by atoms with Gasteiger partial charge in [-0.25, -0.2) is 0 Å². The van der Waals surface area contributed by atoms with Gasteiger partial charge >= 0.3 is 35.5 Å². The summed E-state index contributed by atoms with van der Waals surface area (Å²) in [6.07, 6.45) is 11.0. The molecule has 0 saturated heterocycles. The zero-order valence-electron chi connectivity index (χ0n) is 14.2. The van der Waals surface area contributed by atoms with Crippen molar-refractivity contribution in [2.45, 2.75) is 83.5 Å². The van der Waals surface area contributed by atoms with Crippen molar-refractivity contribution in [3.63, 3.8) is 0 Å². The molecular weight excluding hydrogens is 287 g/mol. The van der Waals surface area contributed by atoms with Crippen LogP contribution in [0.3, 0.4) is 0 Å². The molecule has 0 aromatic heterocycles. The van der Waals surface area contributed by atoms with Crippen LogP contribution < -0.4 is 29.6 Å². The average Bonchev–Trinajstić information content (AvgIpc) is 2.34. The Labute approximate surface area is 149 Å². The van der Waals surface area contributed by atoms with Crippen LogP contribution in [0.2, 0.25) is 0 Å². The van der Waals surface area contributed by atoms with E-state index in [0.29, 0.717) is 6.42 Å². The number of carbonyl (C=O) groups excluding carboxylic acids is 1. The summed E-state index contributed by atoms with van der Waals surface area (Å²) in [6, 6.07) is 0. The van der Waals surface area contributed by atoms with Gasteiger partial charge in [0, 0.05) is 6.92 Å². The van der Waals surface area contributed by atoms with Crippen molar-refractivity contribution in [2.75, 3.05) is 0 Å². The Hall–Kier alpha value is 0.580. The number of hydrogen-bond acceptors (Lipinski definition) is 4. The first-order valence-corrected chi connectivity index (χ1v) is 8.47. The summed E-state index contributed by atoms with van der Waals surface area (Å²) in [7, 11) is 0. The molecule has 0 rings (SSSR count). The Kier molecular flexibility index (Phi) is 18.2. The second-order valence-electron chi connectivity index (χ2n) is 4.92. The van der Waals surface area contributed by atoms with Gasteiger partial charge in [-0.3, -0.25) is 9.00 Å². The fraction of sp³-hybridized carbons (Fsp3) is 0.929. The van der Waals surface area contributed by atoms with Crippen LogP contribution >= 0.6 is 0 Å². The van der Waals surface area contributed by atoms with Crippen molar-refractivity contribution < 1.29 is 49.3 Å². The van der Waals surface area contributed by atoms with Gasteiger partial charge in [0.15, 0.2) is 5.44 Å². The molecule has 0 spiro atoms. The molecule has 2 atom stereocenters. The van der Waals surface area contributed by atoms with Gasteiger partial charge in [0.25, 0.3) is 0 Å². The number of unbranched alkanes of at least 4 members (excludes halogenated alkanes) is 8. The van der Waals surface area contributed by atoms with Gasteiger partial charge < -0.3 is 10.7 Å². The van der Waals surface area contributed by atoms with E-state index in [9.17, 15) is 13.6 Å². The Morgan fingerprint density at radius 1 is 1.10 bits per heavy atom. The SMILES string of the molecule is CCCCCCCCCCCC(OC(C)=O)S(=O)[O-].[H-].[Na+]. The number of ether oxygens (including phenoxy) is 1. The van der Waals surface area contributed by atoms with Crippen LogP contribution in [0.1, 0.15) is 79.5 Å². The third kappa shape index (κ3) is 15.0. The van der Waals surface area contributed by atoms with Crippen LogP contribution in [0, 0.1) is 0 Å². The Morgan fingerprint density at radius 3 is 1.95 bits per heavy atom. The number of carbonyl (C=O) groups is 1. The smallest absolute Gasteiger partial charge is 1.00 e. The van der Waals surface area contributed by atoms with Gasteiger partial charge in [0.05, 0.1) is 0 Å². The van der Waals surface area contributed by atoms with E-state index in [1.165, 1.54) is 45.4 Å². The molecule has 0 N–H and O–H groups in total. The van der Waals surface area contributed by atoms with Gasteiger partial charge in [-0.15, -0.1) is 0 Å². The predicted octanol–water partition coefficient (Wildman–Crippen LogP) is 0.792. The van der Waals surface area contributed by atoms with Gasteiger partial charge in [0.2, 0.25) is 0 Å². The first-order valence-electron chi connectivity index (χ1n) is 7.33. The molecule has 0 saturated carbocycles. The Balaban J connectivity index is -0.00000162. The van der Waals surface area contributed by atoms with Crippen molar-refractivity contribution >= 4 is 17.0 Å². The first-order chi connectivity index (χ1) is 9.07. The summed E-state index contributed by atoms with van der Waals surface area (Å²) in [5.41, 5.74) is -0.970. The molecule has 0 heterocycles. The fourth-order valence-electron chi connectivity index (χ4n) is 2.00. The molecule has 0 amide bonds. The van der Waals surface area contributed by atoms with E-state index in [-0.39, 0.29) is 31.0 Å². The maximum absolute atomic E-state index is 10.8. The molecule has 0 aliphatic carbocycles. The Morgan fingerprint density at radius 2 is 1.55 bits per heavy atom. The van der Waals surface area contributed by atoms with Crippen molar-refractivity contribution in [3.05, 3.63) is 0 Å². The molecule has 6 heteroatoms. The summed E-state index contributed by atoms with van der Waals surface area (Å²) in [4.78, 5) is 10.7. The van der Waals surface area contributed by atoms with E-state index in [0.717, 1.165) is 19.3 Å². The summed E-state index contributed by atoms with van der Waals surface area (Å²) in [6.45, 7) is 3.44. The minimum Gasteiger partial charge on any atom is -1.00 e. The first kappa shape index (κ1) is 22.9. The topological polar surface area (TPSA) is 66.4 Å². The van der Waals surface area contributed by atoms with Crippen molar-refractivity contribution in [2.24, 2.45) is 0 Å². The minimum absolute atomic E-state index is 0. The molecule has 4 nitrogen and oxygen atoms in total. The van der Waals surface area contributed by atoms with E-state index in [4.69, 9.17) is 4.74 Å². The molecule has 0 aromatic carbocycles. The van der Waals surface area contributed by atoms with Crippen LogP contribution in [0.25, 0.3) is 0 Å². The zero-order chi connectivity index (χ0) is 14.5. The van der Waals surface area contributed by atoms with Gasteiger partial charge in [-0.1, -0.05) is 58.3 Å². The number of esters is 1. The van der Waals surface area contributed by atoms with Crippen LogP contribution in [-0.2, 0) is 20.6 Å². The van der Waals surface area contributed by atoms with Gasteiger partial charge in [0.1, 0.15) is 0 Å². The van der Waals surface area contributed by atoms with Gasteiger partial charge in [-0.05, 0) is 23.9 Å². The van der Waals surface area contributed by atoms with E-state index in [1.807, 2.05) is 0 Å². The third-order valence-electron chi connectivity index (χ3n) is 3.06. The minimum atomic E-state index is -2.33. The third-order valence-corrected chi connectivity index (χ3v) is 3.82. The molecule has 0 aliphatic rings. The van der Waals surface area contributed by atoms with Crippen molar-refractivity contribution in [1.29, 1.82) is 0 Å². The molecule has 116 valence electrons. The fourth-order valence-corrected chi connectivity index (χ4v) is 2.57. The molecule has 0 aliphatic heterocycles. The average molecular weight is 315 g/mol. The van der Waals surface area contributed by atoms with Crippen LogP contribution in [0.5, 0.6) is 0 Å². The summed E-state index contributed by atoms with van der Waals surface area (Å²) < 4.78 is 26.4. The molecular formula is C14H28NaO4S-. The second kappa shape index (κ2) is 16.0. The summed E-state index contributed by atoms with van der Waals surface area (Å²) in [5.74, 6) is -0.537. The van der Waals surface area contributed by atoms with E-state index in [1.54, 1.807) is 0 Å². The largest absolute Gasteiger partial charge is 1.00 e. The van der Waals surface area contributed by atoms with E-state index >= 15 is 0 Å². The molecule has 0 fully saturated rings. The standard InChI is InChI=1S/C14H28O4S.Na.H/c1-3-4-5-6-7-8-9-10-11-12-14(19(16)17)18-13(2)15;;/h14H,3-12H2,1-2H3,(H,16,17);;/q;+1;-1/p-1. The van der Waals surface area contributed by atoms with Crippen LogP contribution in [-0.4, -0.2) is 20.2 Å². The van der Waals surface area contributed by atoms with Gasteiger partial charge in [-0.2, -0.15) is 0 Å². The summed E-state index contributed by atoms with van der Waals surface area (Å²) in [5, 5.41) is 0. The molecule has 2 unspecified atom stereocenters. The van der Waals surface area contributed by atoms with E-state index in [2.05, 4.69) is 6.92 Å². The van der Waals surface area contributed by atoms with E-state index < -0.39 is 22.5 Å². The van der Waals surface area contributed by atoms with Crippen LogP contribution in [0.15, 0.2) is 0 Å². The molecule has 20 heavy (non-hydrogen) atoms. The van der Waals surface area contributed by atoms with Crippen molar-refractivity contribution in [1.82, 2.24) is 0 Å². The maximum atomic E-state index is 10.8. The van der Waals surface area contributed by atoms with Crippen molar-refractivity contribution in [3.8, 4) is 0 Å².